The molecule has 25 heavy (non-hydrogen) atoms. The van der Waals surface area contributed by atoms with Crippen molar-refractivity contribution in [1.82, 2.24) is 0 Å². The lowest BCUT2D eigenvalue weighted by molar-refractivity contribution is -0.208. The molecule has 2 heterocycles. The van der Waals surface area contributed by atoms with E-state index in [1.54, 1.807) is 5.57 Å². The largest absolute Gasteiger partial charge is 0.346 e. The summed E-state index contributed by atoms with van der Waals surface area (Å²) in [5.41, 5.74) is 1.57. The Morgan fingerprint density at radius 3 is 2.76 bits per heavy atom. The number of allylic oxidation sites excluding steroid dienone is 3. The van der Waals surface area contributed by atoms with E-state index in [0.29, 0.717) is 11.8 Å². The van der Waals surface area contributed by atoms with Crippen molar-refractivity contribution in [2.45, 2.75) is 90.0 Å². The van der Waals surface area contributed by atoms with Crippen LogP contribution < -0.4 is 0 Å². The quantitative estimate of drug-likeness (QED) is 0.318. The second kappa shape index (κ2) is 8.56. The molecular weight excluding hydrogens is 336 g/mol. The molecule has 0 bridgehead atoms. The van der Waals surface area contributed by atoms with Gasteiger partial charge in [0.1, 0.15) is 6.10 Å². The normalized spacial score (nSPS) is 37.9. The number of hydrogen-bond donors (Lipinski definition) is 0. The van der Waals surface area contributed by atoms with Crippen LogP contribution >= 0.6 is 11.6 Å². The molecule has 0 amide bonds. The van der Waals surface area contributed by atoms with E-state index >= 15 is 0 Å². The highest BCUT2D eigenvalue weighted by Crippen LogP contribution is 2.53. The SMILES string of the molecule is CCCC/C=C1\C[C@H]2O[C@@H]3OC(C)(C)O[C@@H]3[C@@H]2[C@H]1C/C=C\CCCCl. The first kappa shape index (κ1) is 19.4. The fraction of sp³-hybridized carbons (Fsp3) is 0.810. The molecule has 3 rings (SSSR count). The average molecular weight is 369 g/mol. The summed E-state index contributed by atoms with van der Waals surface area (Å²) in [7, 11) is 0. The maximum absolute atomic E-state index is 6.23. The van der Waals surface area contributed by atoms with Crippen molar-refractivity contribution in [3.05, 3.63) is 23.8 Å². The van der Waals surface area contributed by atoms with Crippen LogP contribution in [0.3, 0.4) is 0 Å². The Bertz CT molecular complexity index is 499. The molecule has 4 heteroatoms. The number of rotatable bonds is 8. The van der Waals surface area contributed by atoms with Crippen LogP contribution in [-0.4, -0.2) is 30.2 Å². The van der Waals surface area contributed by atoms with E-state index in [1.807, 2.05) is 13.8 Å². The van der Waals surface area contributed by atoms with Gasteiger partial charge in [0.15, 0.2) is 12.1 Å². The maximum atomic E-state index is 6.23. The van der Waals surface area contributed by atoms with Crippen molar-refractivity contribution in [1.29, 1.82) is 0 Å². The predicted molar refractivity (Wildman–Crippen MR) is 102 cm³/mol. The molecule has 0 spiro atoms. The third-order valence-electron chi connectivity index (χ3n) is 5.61. The Hall–Kier alpha value is -0.350. The molecule has 1 saturated carbocycles. The first-order chi connectivity index (χ1) is 12.1. The first-order valence-electron chi connectivity index (χ1n) is 9.96. The van der Waals surface area contributed by atoms with Gasteiger partial charge in [0.2, 0.25) is 0 Å². The molecule has 0 N–H and O–H groups in total. The third-order valence-corrected chi connectivity index (χ3v) is 5.88. The second-order valence-electron chi connectivity index (χ2n) is 7.99. The number of alkyl halides is 1. The topological polar surface area (TPSA) is 27.7 Å². The molecule has 3 aliphatic rings. The molecule has 3 fully saturated rings. The Morgan fingerprint density at radius 1 is 1.16 bits per heavy atom. The van der Waals surface area contributed by atoms with E-state index in [-0.39, 0.29) is 18.5 Å². The van der Waals surface area contributed by atoms with E-state index in [1.165, 1.54) is 19.3 Å². The molecule has 0 radical (unpaired) electrons. The van der Waals surface area contributed by atoms with Gasteiger partial charge in [-0.15, -0.1) is 11.6 Å². The van der Waals surface area contributed by atoms with Crippen LogP contribution in [0.2, 0.25) is 0 Å². The number of halogens is 1. The van der Waals surface area contributed by atoms with E-state index in [9.17, 15) is 0 Å². The van der Waals surface area contributed by atoms with Gasteiger partial charge in [-0.25, -0.2) is 0 Å². The van der Waals surface area contributed by atoms with Crippen molar-refractivity contribution in [2.24, 2.45) is 11.8 Å². The Labute approximate surface area is 157 Å². The highest BCUT2D eigenvalue weighted by molar-refractivity contribution is 6.17. The summed E-state index contributed by atoms with van der Waals surface area (Å²) in [5.74, 6) is 1.13. The molecule has 1 aliphatic carbocycles. The molecule has 5 atom stereocenters. The molecule has 142 valence electrons. The fourth-order valence-electron chi connectivity index (χ4n) is 4.49. The summed E-state index contributed by atoms with van der Waals surface area (Å²) in [4.78, 5) is 0. The van der Waals surface area contributed by atoms with E-state index in [4.69, 9.17) is 25.8 Å². The summed E-state index contributed by atoms with van der Waals surface area (Å²) in [6, 6.07) is 0. The summed E-state index contributed by atoms with van der Waals surface area (Å²) in [6.45, 7) is 6.22. The third kappa shape index (κ3) is 4.50. The van der Waals surface area contributed by atoms with Crippen LogP contribution in [0.1, 0.15) is 65.7 Å². The standard InChI is InChI=1S/C21H33ClO3/c1-4-5-8-11-15-14-17-18(16(15)12-9-6-7-10-13-22)19-20(23-17)25-21(2,3)24-19/h6,9,11,16-20H,4-5,7-8,10,12-14H2,1-3H3/b9-6-,15-11+/t16-,17+,18+,19+,20+/m0/s1. The summed E-state index contributed by atoms with van der Waals surface area (Å²) in [6.07, 6.45) is 15.1. The summed E-state index contributed by atoms with van der Waals surface area (Å²) < 4.78 is 18.4. The van der Waals surface area contributed by atoms with Crippen molar-refractivity contribution >= 4 is 11.6 Å². The Kier molecular flexibility index (Phi) is 6.65. The first-order valence-corrected chi connectivity index (χ1v) is 10.5. The minimum atomic E-state index is -0.532. The number of fused-ring (bicyclic) bond motifs is 3. The highest BCUT2D eigenvalue weighted by Gasteiger charge is 2.59. The van der Waals surface area contributed by atoms with Gasteiger partial charge in [-0.2, -0.15) is 0 Å². The summed E-state index contributed by atoms with van der Waals surface area (Å²) in [5, 5.41) is 0. The molecule has 2 saturated heterocycles. The van der Waals surface area contributed by atoms with Gasteiger partial charge < -0.3 is 14.2 Å². The van der Waals surface area contributed by atoms with Crippen LogP contribution in [0.15, 0.2) is 23.8 Å². The fourth-order valence-corrected chi connectivity index (χ4v) is 4.65. The zero-order valence-corrected chi connectivity index (χ0v) is 16.6. The zero-order chi connectivity index (χ0) is 17.9. The average Bonchev–Trinajstić information content (AvgIpc) is 3.14. The second-order valence-corrected chi connectivity index (χ2v) is 8.37. The van der Waals surface area contributed by atoms with Crippen molar-refractivity contribution < 1.29 is 14.2 Å². The van der Waals surface area contributed by atoms with Crippen LogP contribution in [-0.2, 0) is 14.2 Å². The van der Waals surface area contributed by atoms with E-state index < -0.39 is 5.79 Å². The Balaban J connectivity index is 1.70. The van der Waals surface area contributed by atoms with Gasteiger partial charge in [-0.1, -0.05) is 43.6 Å². The van der Waals surface area contributed by atoms with Crippen LogP contribution in [0.5, 0.6) is 0 Å². The van der Waals surface area contributed by atoms with Gasteiger partial charge >= 0.3 is 0 Å². The molecule has 0 aromatic rings. The van der Waals surface area contributed by atoms with Gasteiger partial charge in [-0.3, -0.25) is 0 Å². The number of hydrogen-bond acceptors (Lipinski definition) is 3. The maximum Gasteiger partial charge on any atom is 0.187 e. The van der Waals surface area contributed by atoms with Gasteiger partial charge in [-0.05, 0) is 51.9 Å². The molecular formula is C21H33ClO3. The molecule has 0 aromatic carbocycles. The molecule has 0 aromatic heterocycles. The van der Waals surface area contributed by atoms with E-state index in [2.05, 4.69) is 25.2 Å². The lowest BCUT2D eigenvalue weighted by Crippen LogP contribution is -2.31. The van der Waals surface area contributed by atoms with Crippen LogP contribution in [0, 0.1) is 11.8 Å². The molecule has 3 nitrogen and oxygen atoms in total. The van der Waals surface area contributed by atoms with Crippen molar-refractivity contribution in [3.8, 4) is 0 Å². The summed E-state index contributed by atoms with van der Waals surface area (Å²) >= 11 is 5.77. The monoisotopic (exact) mass is 368 g/mol. The van der Waals surface area contributed by atoms with Gasteiger partial charge in [0.05, 0.1) is 6.10 Å². The number of ether oxygens (including phenoxy) is 3. The molecule has 0 unspecified atom stereocenters. The smallest absolute Gasteiger partial charge is 0.187 e. The van der Waals surface area contributed by atoms with Gasteiger partial charge in [0, 0.05) is 11.8 Å². The lowest BCUT2D eigenvalue weighted by Gasteiger charge is -2.24. The highest BCUT2D eigenvalue weighted by atomic mass is 35.5. The van der Waals surface area contributed by atoms with Crippen LogP contribution in [0.25, 0.3) is 0 Å². The lowest BCUT2D eigenvalue weighted by atomic mass is 9.85. The van der Waals surface area contributed by atoms with E-state index in [0.717, 1.165) is 31.6 Å². The predicted octanol–water partition coefficient (Wildman–Crippen LogP) is 5.58. The minimum Gasteiger partial charge on any atom is -0.346 e. The van der Waals surface area contributed by atoms with Crippen molar-refractivity contribution in [3.63, 3.8) is 0 Å². The van der Waals surface area contributed by atoms with Crippen LogP contribution in [0.4, 0.5) is 0 Å². The van der Waals surface area contributed by atoms with Gasteiger partial charge in [0.25, 0.3) is 0 Å². The minimum absolute atomic E-state index is 0.0679. The van der Waals surface area contributed by atoms with Crippen molar-refractivity contribution in [2.75, 3.05) is 5.88 Å². The Morgan fingerprint density at radius 2 is 2.00 bits per heavy atom. The number of unbranched alkanes of at least 4 members (excludes halogenated alkanes) is 3. The molecule has 2 aliphatic heterocycles. The zero-order valence-electron chi connectivity index (χ0n) is 15.9.